The average molecular weight is 561 g/mol. The number of nitrogens with zero attached hydrogens (tertiary/aromatic N) is 3. The number of hydrogen-bond acceptors (Lipinski definition) is 8. The third kappa shape index (κ3) is 5.98. The molecule has 5 atom stereocenters. The molecular formula is C32H44N6OS. The number of anilines is 2. The van der Waals surface area contributed by atoms with Crippen LogP contribution in [-0.4, -0.2) is 47.1 Å². The minimum Gasteiger partial charge on any atom is -0.396 e. The van der Waals surface area contributed by atoms with Crippen molar-refractivity contribution in [2.45, 2.75) is 75.3 Å². The van der Waals surface area contributed by atoms with Gasteiger partial charge in [-0.25, -0.2) is 4.98 Å². The minimum atomic E-state index is 0.302. The van der Waals surface area contributed by atoms with Crippen LogP contribution < -0.4 is 16.0 Å². The van der Waals surface area contributed by atoms with Gasteiger partial charge in [-0.05, 0) is 117 Å². The zero-order valence-electron chi connectivity index (χ0n) is 23.7. The summed E-state index contributed by atoms with van der Waals surface area (Å²) in [6.45, 7) is 3.04. The van der Waals surface area contributed by atoms with E-state index in [0.29, 0.717) is 47.9 Å². The molecule has 0 amide bonds. The van der Waals surface area contributed by atoms with Gasteiger partial charge in [0.05, 0.1) is 6.20 Å². The van der Waals surface area contributed by atoms with Gasteiger partial charge in [0.15, 0.2) is 0 Å². The molecule has 3 unspecified atom stereocenters. The van der Waals surface area contributed by atoms with E-state index < -0.39 is 0 Å². The number of aliphatic hydroxyl groups excluding tert-OH is 1. The van der Waals surface area contributed by atoms with Gasteiger partial charge < -0.3 is 21.1 Å². The van der Waals surface area contributed by atoms with E-state index in [1.807, 2.05) is 0 Å². The SMILES string of the molecule is CSc1ccccc1CNc1ncc(C#N)c(NCC23CC4C[C@H](C2)C(NCC2CCC(CO)CC2)[C@@H](C4)C3)n1. The molecule has 0 radical (unpaired) electrons. The van der Waals surface area contributed by atoms with Gasteiger partial charge in [-0.15, -0.1) is 11.8 Å². The molecule has 40 heavy (non-hydrogen) atoms. The molecule has 0 aliphatic heterocycles. The number of thioether (sulfide) groups is 1. The molecule has 1 aromatic carbocycles. The fraction of sp³-hybridized carbons (Fsp3) is 0.656. The molecule has 7 nitrogen and oxygen atoms in total. The molecule has 4 bridgehead atoms. The van der Waals surface area contributed by atoms with Crippen LogP contribution in [-0.2, 0) is 6.54 Å². The maximum Gasteiger partial charge on any atom is 0.224 e. The van der Waals surface area contributed by atoms with Crippen LogP contribution >= 0.6 is 11.8 Å². The smallest absolute Gasteiger partial charge is 0.224 e. The van der Waals surface area contributed by atoms with Gasteiger partial charge in [0.1, 0.15) is 17.5 Å². The monoisotopic (exact) mass is 560 g/mol. The first kappa shape index (κ1) is 27.8. The van der Waals surface area contributed by atoms with Crippen molar-refractivity contribution in [1.29, 1.82) is 5.26 Å². The number of hydrogen-bond donors (Lipinski definition) is 4. The van der Waals surface area contributed by atoms with E-state index >= 15 is 0 Å². The van der Waals surface area contributed by atoms with Crippen LogP contribution in [0, 0.1) is 46.3 Å². The van der Waals surface area contributed by atoms with E-state index in [1.165, 1.54) is 68.2 Å². The molecule has 5 saturated carbocycles. The van der Waals surface area contributed by atoms with E-state index in [4.69, 9.17) is 4.98 Å². The van der Waals surface area contributed by atoms with Gasteiger partial charge in [0.25, 0.3) is 0 Å². The summed E-state index contributed by atoms with van der Waals surface area (Å²) in [6, 6.07) is 11.3. The van der Waals surface area contributed by atoms with Crippen molar-refractivity contribution in [3.05, 3.63) is 41.6 Å². The van der Waals surface area contributed by atoms with Gasteiger partial charge in [-0.3, -0.25) is 0 Å². The quantitative estimate of drug-likeness (QED) is 0.260. The zero-order valence-corrected chi connectivity index (χ0v) is 24.6. The fourth-order valence-electron chi connectivity index (χ4n) is 8.64. The number of nitrogens with one attached hydrogen (secondary N) is 3. The molecule has 8 heteroatoms. The summed E-state index contributed by atoms with van der Waals surface area (Å²) in [7, 11) is 0. The molecule has 1 heterocycles. The van der Waals surface area contributed by atoms with Crippen LogP contribution in [0.2, 0.25) is 0 Å². The number of aliphatic hydroxyl groups is 1. The standard InChI is InChI=1S/C32H44N6OS/c1-40-28-5-3-2-4-24(28)17-35-31-36-18-27(15-33)30(38-31)37-20-32-12-23-10-25(13-32)29(26(11-23)14-32)34-16-21-6-8-22(19-39)9-7-21/h2-5,18,21-23,25-26,29,34,39H,6-14,16-17,19-20H2,1H3,(H2,35,36,37,38)/t21?,22?,23?,25-,26+,29?,32?. The molecule has 4 N–H and O–H groups in total. The van der Waals surface area contributed by atoms with Crippen LogP contribution in [0.25, 0.3) is 0 Å². The fourth-order valence-corrected chi connectivity index (χ4v) is 9.26. The summed E-state index contributed by atoms with van der Waals surface area (Å²) in [6.07, 6.45) is 15.2. The Morgan fingerprint density at radius 3 is 2.52 bits per heavy atom. The molecule has 5 aliphatic carbocycles. The first-order chi connectivity index (χ1) is 19.6. The lowest BCUT2D eigenvalue weighted by atomic mass is 9.48. The summed E-state index contributed by atoms with van der Waals surface area (Å²) in [4.78, 5) is 10.4. The summed E-state index contributed by atoms with van der Waals surface area (Å²) in [5, 5.41) is 30.3. The highest BCUT2D eigenvalue weighted by atomic mass is 32.2. The Morgan fingerprint density at radius 2 is 1.80 bits per heavy atom. The largest absolute Gasteiger partial charge is 0.396 e. The van der Waals surface area contributed by atoms with Crippen molar-refractivity contribution >= 4 is 23.5 Å². The second-order valence-electron chi connectivity index (χ2n) is 13.1. The van der Waals surface area contributed by atoms with Crippen molar-refractivity contribution < 1.29 is 5.11 Å². The molecule has 2 aromatic rings. The summed E-state index contributed by atoms with van der Waals surface area (Å²) < 4.78 is 0. The number of benzene rings is 1. The Labute approximate surface area is 243 Å². The molecule has 214 valence electrons. The van der Waals surface area contributed by atoms with Crippen LogP contribution in [0.1, 0.15) is 68.9 Å². The van der Waals surface area contributed by atoms with E-state index in [0.717, 1.165) is 36.8 Å². The van der Waals surface area contributed by atoms with E-state index in [2.05, 4.69) is 57.5 Å². The van der Waals surface area contributed by atoms with Crippen LogP contribution in [0.15, 0.2) is 35.4 Å². The first-order valence-electron chi connectivity index (χ1n) is 15.3. The van der Waals surface area contributed by atoms with Gasteiger partial charge >= 0.3 is 0 Å². The lowest BCUT2D eigenvalue weighted by Gasteiger charge is -2.60. The average Bonchev–Trinajstić information content (AvgIpc) is 2.99. The lowest BCUT2D eigenvalue weighted by Crippen LogP contribution is -2.60. The molecule has 5 aliphatic rings. The molecule has 0 saturated heterocycles. The van der Waals surface area contributed by atoms with Gasteiger partial charge in [-0.2, -0.15) is 10.2 Å². The predicted molar refractivity (Wildman–Crippen MR) is 161 cm³/mol. The van der Waals surface area contributed by atoms with Crippen molar-refractivity contribution in [3.63, 3.8) is 0 Å². The summed E-state index contributed by atoms with van der Waals surface area (Å²) >= 11 is 1.74. The first-order valence-corrected chi connectivity index (χ1v) is 16.5. The third-order valence-corrected chi connectivity index (χ3v) is 11.3. The van der Waals surface area contributed by atoms with Gasteiger partial charge in [0, 0.05) is 30.6 Å². The predicted octanol–water partition coefficient (Wildman–Crippen LogP) is 5.68. The molecule has 0 spiro atoms. The Balaban J connectivity index is 1.07. The highest BCUT2D eigenvalue weighted by Gasteiger charge is 2.55. The van der Waals surface area contributed by atoms with Gasteiger partial charge in [-0.1, -0.05) is 18.2 Å². The Morgan fingerprint density at radius 1 is 1.05 bits per heavy atom. The maximum absolute atomic E-state index is 9.76. The van der Waals surface area contributed by atoms with Crippen LogP contribution in [0.5, 0.6) is 0 Å². The van der Waals surface area contributed by atoms with Crippen molar-refractivity contribution in [2.75, 3.05) is 36.6 Å². The van der Waals surface area contributed by atoms with E-state index in [9.17, 15) is 10.4 Å². The topological polar surface area (TPSA) is 106 Å². The minimum absolute atomic E-state index is 0.302. The molecule has 7 rings (SSSR count). The highest BCUT2D eigenvalue weighted by Crippen LogP contribution is 2.60. The molecule has 5 fully saturated rings. The van der Waals surface area contributed by atoms with Crippen molar-refractivity contribution in [3.8, 4) is 6.07 Å². The molecule has 1 aromatic heterocycles. The number of aromatic nitrogens is 2. The third-order valence-electron chi connectivity index (χ3n) is 10.4. The number of nitriles is 1. The van der Waals surface area contributed by atoms with Gasteiger partial charge in [0.2, 0.25) is 5.95 Å². The Hall–Kier alpha value is -2.34. The second-order valence-corrected chi connectivity index (χ2v) is 13.9. The Kier molecular flexibility index (Phi) is 8.53. The summed E-state index contributed by atoms with van der Waals surface area (Å²) in [5.41, 5.74) is 2.03. The molecular weight excluding hydrogens is 516 g/mol. The van der Waals surface area contributed by atoms with Crippen LogP contribution in [0.4, 0.5) is 11.8 Å². The lowest BCUT2D eigenvalue weighted by molar-refractivity contribution is -0.0703. The van der Waals surface area contributed by atoms with Crippen molar-refractivity contribution in [1.82, 2.24) is 15.3 Å². The van der Waals surface area contributed by atoms with Crippen LogP contribution in [0.3, 0.4) is 0 Å². The second kappa shape index (κ2) is 12.3. The van der Waals surface area contributed by atoms with Crippen molar-refractivity contribution in [2.24, 2.45) is 35.0 Å². The zero-order chi connectivity index (χ0) is 27.5. The Bertz CT molecular complexity index is 1190. The van der Waals surface area contributed by atoms with E-state index in [-0.39, 0.29) is 0 Å². The normalized spacial score (nSPS) is 32.5. The van der Waals surface area contributed by atoms with E-state index in [1.54, 1.807) is 18.0 Å². The maximum atomic E-state index is 9.76. The summed E-state index contributed by atoms with van der Waals surface area (Å²) in [5.74, 6) is 4.88. The highest BCUT2D eigenvalue weighted by molar-refractivity contribution is 7.98. The number of rotatable bonds is 11.